The minimum absolute atomic E-state index is 0.217. The van der Waals surface area contributed by atoms with E-state index < -0.39 is 6.04 Å². The number of benzene rings is 3. The van der Waals surface area contributed by atoms with Crippen LogP contribution < -0.4 is 10.2 Å². The quantitative estimate of drug-likeness (QED) is 0.360. The summed E-state index contributed by atoms with van der Waals surface area (Å²) in [5.41, 5.74) is 6.24. The van der Waals surface area contributed by atoms with Gasteiger partial charge in [-0.15, -0.1) is 0 Å². The smallest absolute Gasteiger partial charge is 0.326 e. The third kappa shape index (κ3) is 3.97. The molecule has 34 heavy (non-hydrogen) atoms. The summed E-state index contributed by atoms with van der Waals surface area (Å²) in [5, 5.41) is 7.94. The molecule has 0 saturated heterocycles. The van der Waals surface area contributed by atoms with Crippen molar-refractivity contribution in [1.82, 2.24) is 15.5 Å². The number of urea groups is 1. The van der Waals surface area contributed by atoms with Crippen LogP contribution in [0, 0.1) is 13.8 Å². The number of hydrogen-bond donors (Lipinski definition) is 1. The van der Waals surface area contributed by atoms with Crippen LogP contribution in [0.1, 0.15) is 35.5 Å². The molecule has 1 aromatic heterocycles. The molecular formula is C27H23ClN4O2. The highest BCUT2D eigenvalue weighted by atomic mass is 35.5. The van der Waals surface area contributed by atoms with Crippen molar-refractivity contribution in [3.05, 3.63) is 106 Å². The van der Waals surface area contributed by atoms with Crippen LogP contribution >= 0.6 is 11.6 Å². The fourth-order valence-corrected chi connectivity index (χ4v) is 4.37. The fourth-order valence-electron chi connectivity index (χ4n) is 4.18. The summed E-state index contributed by atoms with van der Waals surface area (Å²) in [7, 11) is 0. The van der Waals surface area contributed by atoms with Crippen molar-refractivity contribution in [2.24, 2.45) is 0 Å². The van der Waals surface area contributed by atoms with E-state index in [1.165, 1.54) is 5.56 Å². The van der Waals surface area contributed by atoms with Gasteiger partial charge in [0, 0.05) is 16.3 Å². The van der Waals surface area contributed by atoms with E-state index >= 15 is 0 Å². The van der Waals surface area contributed by atoms with Crippen LogP contribution in [-0.2, 0) is 0 Å². The number of hydrogen-bond acceptors (Lipinski definition) is 4. The zero-order valence-corrected chi connectivity index (χ0v) is 19.8. The molecule has 2 heterocycles. The number of para-hydroxylation sites is 1. The molecule has 0 aliphatic carbocycles. The second-order valence-corrected chi connectivity index (χ2v) is 8.77. The number of nitrogens with one attached hydrogen (secondary N) is 1. The zero-order chi connectivity index (χ0) is 23.8. The number of amides is 2. The fraction of sp³-hybridized carbons (Fsp3) is 0.148. The van der Waals surface area contributed by atoms with E-state index in [1.54, 1.807) is 17.0 Å². The Kier molecular flexibility index (Phi) is 5.67. The molecule has 1 aliphatic heterocycles. The average molecular weight is 471 g/mol. The molecular weight excluding hydrogens is 448 g/mol. The van der Waals surface area contributed by atoms with Crippen LogP contribution in [0.25, 0.3) is 17.0 Å². The molecule has 2 amide bonds. The Morgan fingerprint density at radius 3 is 2.47 bits per heavy atom. The van der Waals surface area contributed by atoms with Gasteiger partial charge in [-0.2, -0.15) is 4.98 Å². The van der Waals surface area contributed by atoms with Crippen LogP contribution in [-0.4, -0.2) is 16.2 Å². The van der Waals surface area contributed by atoms with Crippen molar-refractivity contribution >= 4 is 28.9 Å². The summed E-state index contributed by atoms with van der Waals surface area (Å²) < 4.78 is 5.75. The summed E-state index contributed by atoms with van der Waals surface area (Å²) in [5.74, 6) is 0.774. The van der Waals surface area contributed by atoms with E-state index in [2.05, 4.69) is 36.5 Å². The van der Waals surface area contributed by atoms with E-state index in [9.17, 15) is 4.79 Å². The van der Waals surface area contributed by atoms with E-state index in [1.807, 2.05) is 55.5 Å². The topological polar surface area (TPSA) is 71.3 Å². The number of rotatable bonds is 4. The van der Waals surface area contributed by atoms with Crippen molar-refractivity contribution in [3.8, 4) is 11.4 Å². The molecule has 0 radical (unpaired) electrons. The van der Waals surface area contributed by atoms with Gasteiger partial charge in [0.15, 0.2) is 0 Å². The normalized spacial score (nSPS) is 16.1. The zero-order valence-electron chi connectivity index (χ0n) is 19.0. The molecule has 0 saturated carbocycles. The Bertz CT molecular complexity index is 1410. The van der Waals surface area contributed by atoms with Crippen molar-refractivity contribution in [3.63, 3.8) is 0 Å². The Labute approximate surface area is 202 Å². The third-order valence-electron chi connectivity index (χ3n) is 6.10. The number of anilines is 1. The first-order chi connectivity index (χ1) is 16.4. The highest BCUT2D eigenvalue weighted by molar-refractivity contribution is 6.30. The largest absolute Gasteiger partial charge is 0.334 e. The highest BCUT2D eigenvalue weighted by Gasteiger charge is 2.36. The molecule has 1 unspecified atom stereocenters. The van der Waals surface area contributed by atoms with Crippen molar-refractivity contribution < 1.29 is 9.32 Å². The highest BCUT2D eigenvalue weighted by Crippen LogP contribution is 2.39. The molecule has 170 valence electrons. The minimum atomic E-state index is -0.445. The molecule has 4 aromatic rings. The van der Waals surface area contributed by atoms with E-state index in [0.29, 0.717) is 16.7 Å². The van der Waals surface area contributed by atoms with Gasteiger partial charge in [0.2, 0.25) is 5.82 Å². The number of aromatic nitrogens is 2. The predicted octanol–water partition coefficient (Wildman–Crippen LogP) is 6.71. The molecule has 1 aliphatic rings. The summed E-state index contributed by atoms with van der Waals surface area (Å²) in [6.45, 7) is 6.02. The Hall–Kier alpha value is -3.90. The molecule has 0 fully saturated rings. The molecule has 6 nitrogen and oxygen atoms in total. The van der Waals surface area contributed by atoms with Gasteiger partial charge in [0.1, 0.15) is 0 Å². The maximum atomic E-state index is 13.3. The number of allylic oxidation sites excluding steroid dienone is 1. The monoisotopic (exact) mass is 470 g/mol. The first-order valence-corrected chi connectivity index (χ1v) is 11.3. The molecule has 1 atom stereocenters. The summed E-state index contributed by atoms with van der Waals surface area (Å²) >= 11 is 6.16. The van der Waals surface area contributed by atoms with Gasteiger partial charge in [-0.25, -0.2) is 4.79 Å². The van der Waals surface area contributed by atoms with E-state index in [0.717, 1.165) is 33.6 Å². The first kappa shape index (κ1) is 21.9. The summed E-state index contributed by atoms with van der Waals surface area (Å²) in [6.07, 6.45) is 0. The van der Waals surface area contributed by atoms with Gasteiger partial charge in [-0.05, 0) is 61.7 Å². The second-order valence-electron chi connectivity index (χ2n) is 8.33. The van der Waals surface area contributed by atoms with Crippen LogP contribution in [0.3, 0.4) is 0 Å². The van der Waals surface area contributed by atoms with Crippen molar-refractivity contribution in [2.75, 3.05) is 4.90 Å². The lowest BCUT2D eigenvalue weighted by atomic mass is 9.92. The Morgan fingerprint density at radius 1 is 0.941 bits per heavy atom. The maximum Gasteiger partial charge on any atom is 0.326 e. The van der Waals surface area contributed by atoms with Gasteiger partial charge in [0.25, 0.3) is 5.89 Å². The van der Waals surface area contributed by atoms with Gasteiger partial charge in [-0.3, -0.25) is 4.90 Å². The van der Waals surface area contributed by atoms with E-state index in [-0.39, 0.29) is 6.03 Å². The Morgan fingerprint density at radius 2 is 1.74 bits per heavy atom. The summed E-state index contributed by atoms with van der Waals surface area (Å²) in [6, 6.07) is 22.3. The lowest BCUT2D eigenvalue weighted by molar-refractivity contribution is 0.244. The number of carbonyl (C=O) groups is 1. The van der Waals surface area contributed by atoms with Gasteiger partial charge in [0.05, 0.1) is 17.3 Å². The van der Waals surface area contributed by atoms with Crippen LogP contribution in [0.4, 0.5) is 10.5 Å². The molecule has 7 heteroatoms. The van der Waals surface area contributed by atoms with Crippen molar-refractivity contribution in [1.29, 1.82) is 0 Å². The second kappa shape index (κ2) is 8.80. The lowest BCUT2D eigenvalue weighted by Crippen LogP contribution is -2.46. The third-order valence-corrected chi connectivity index (χ3v) is 6.34. The number of aryl methyl sites for hydroxylation is 2. The van der Waals surface area contributed by atoms with Gasteiger partial charge < -0.3 is 9.84 Å². The van der Waals surface area contributed by atoms with Crippen LogP contribution in [0.15, 0.2) is 83.0 Å². The van der Waals surface area contributed by atoms with Crippen molar-refractivity contribution in [2.45, 2.75) is 26.8 Å². The molecule has 1 N–H and O–H groups in total. The molecule has 5 rings (SSSR count). The lowest BCUT2D eigenvalue weighted by Gasteiger charge is -2.35. The number of halogens is 1. The minimum Gasteiger partial charge on any atom is -0.334 e. The van der Waals surface area contributed by atoms with Gasteiger partial charge in [-0.1, -0.05) is 65.3 Å². The standard InChI is InChI=1S/C27H23ClN4O2/c1-16-12-13-19(14-17(16)2)24-23(18(3)32(27(33)29-24)22-10-5-4-6-11-22)26-30-25(31-34-26)20-8-7-9-21(28)15-20/h4-15,24H,1-3H3,(H,29,33). The molecule has 0 bridgehead atoms. The SMILES string of the molecule is CC1=C(c2nc(-c3cccc(Cl)c3)no2)C(c2ccc(C)c(C)c2)NC(=O)N1c1ccccc1. The number of nitrogens with zero attached hydrogens (tertiary/aromatic N) is 3. The summed E-state index contributed by atoms with van der Waals surface area (Å²) in [4.78, 5) is 19.6. The predicted molar refractivity (Wildman–Crippen MR) is 133 cm³/mol. The Balaban J connectivity index is 1.67. The number of carbonyl (C=O) groups excluding carboxylic acids is 1. The van der Waals surface area contributed by atoms with Crippen LogP contribution in [0.2, 0.25) is 5.02 Å². The van der Waals surface area contributed by atoms with Gasteiger partial charge >= 0.3 is 6.03 Å². The maximum absolute atomic E-state index is 13.3. The molecule has 3 aromatic carbocycles. The first-order valence-electron chi connectivity index (χ1n) is 11.0. The van der Waals surface area contributed by atoms with Crippen LogP contribution in [0.5, 0.6) is 0 Å². The molecule has 0 spiro atoms. The van der Waals surface area contributed by atoms with E-state index in [4.69, 9.17) is 21.1 Å². The average Bonchev–Trinajstić information content (AvgIpc) is 3.31.